The molecule has 4 heterocycles. The van der Waals surface area contributed by atoms with E-state index in [0.717, 1.165) is 44.0 Å². The first-order valence-electron chi connectivity index (χ1n) is 8.38. The average molecular weight is 328 g/mol. The molecule has 3 aromatic rings. The van der Waals surface area contributed by atoms with Crippen LogP contribution in [0.4, 0.5) is 0 Å². The average Bonchev–Trinajstić information content (AvgIpc) is 3.33. The monoisotopic (exact) mass is 328 g/mol. The Labute approximate surface area is 139 Å². The summed E-state index contributed by atoms with van der Waals surface area (Å²) in [5, 5.41) is 16.0. The van der Waals surface area contributed by atoms with Crippen molar-refractivity contribution in [1.82, 2.24) is 39.9 Å². The van der Waals surface area contributed by atoms with Crippen LogP contribution in [-0.2, 0) is 38.8 Å². The van der Waals surface area contributed by atoms with Crippen molar-refractivity contribution in [1.29, 1.82) is 0 Å². The summed E-state index contributed by atoms with van der Waals surface area (Å²) < 4.78 is 9.36. The van der Waals surface area contributed by atoms with Gasteiger partial charge in [0.2, 0.25) is 5.89 Å². The molecule has 0 aromatic carbocycles. The fraction of sp³-hybridized carbons (Fsp3) is 0.600. The lowest BCUT2D eigenvalue weighted by Crippen LogP contribution is -2.25. The minimum atomic E-state index is 0.518. The van der Waals surface area contributed by atoms with Gasteiger partial charge in [0, 0.05) is 51.2 Å². The third-order valence-electron chi connectivity index (χ3n) is 4.46. The van der Waals surface area contributed by atoms with Crippen molar-refractivity contribution >= 4 is 0 Å². The van der Waals surface area contributed by atoms with Gasteiger partial charge in [0.25, 0.3) is 0 Å². The summed E-state index contributed by atoms with van der Waals surface area (Å²) in [5.41, 5.74) is 0. The summed E-state index contributed by atoms with van der Waals surface area (Å²) in [6.07, 6.45) is 8.17. The molecule has 126 valence electrons. The molecule has 3 aromatic heterocycles. The third-order valence-corrected chi connectivity index (χ3v) is 4.46. The van der Waals surface area contributed by atoms with E-state index in [4.69, 9.17) is 4.52 Å². The number of tetrazole rings is 1. The van der Waals surface area contributed by atoms with E-state index in [9.17, 15) is 0 Å². The standard InChI is InChI=1S/C15H20N8O/c1-2-12-17-15(24-19-12)6-5-14-18-20-21-23(14)10-11-3-4-13-16-7-8-22(13)9-11/h7-8,11H,2-6,9-10H2,1H3. The van der Waals surface area contributed by atoms with Crippen molar-refractivity contribution < 1.29 is 4.52 Å². The quantitative estimate of drug-likeness (QED) is 0.661. The fourth-order valence-electron chi connectivity index (χ4n) is 3.13. The van der Waals surface area contributed by atoms with Crippen LogP contribution in [0.15, 0.2) is 16.9 Å². The number of hydrogen-bond acceptors (Lipinski definition) is 7. The molecule has 9 nitrogen and oxygen atoms in total. The van der Waals surface area contributed by atoms with Crippen molar-refractivity contribution in [2.75, 3.05) is 0 Å². The van der Waals surface area contributed by atoms with Crippen LogP contribution in [0.2, 0.25) is 0 Å². The molecule has 0 radical (unpaired) electrons. The molecule has 9 heteroatoms. The molecule has 0 aliphatic carbocycles. The number of hydrogen-bond donors (Lipinski definition) is 0. The number of imidazole rings is 1. The van der Waals surface area contributed by atoms with Crippen LogP contribution in [0.25, 0.3) is 0 Å². The van der Waals surface area contributed by atoms with E-state index in [1.807, 2.05) is 24.0 Å². The Morgan fingerprint density at radius 2 is 2.29 bits per heavy atom. The Balaban J connectivity index is 1.38. The van der Waals surface area contributed by atoms with Gasteiger partial charge < -0.3 is 9.09 Å². The highest BCUT2D eigenvalue weighted by molar-refractivity contribution is 4.97. The molecule has 1 aliphatic rings. The maximum atomic E-state index is 5.22. The zero-order chi connectivity index (χ0) is 16.4. The maximum Gasteiger partial charge on any atom is 0.227 e. The second kappa shape index (κ2) is 6.50. The summed E-state index contributed by atoms with van der Waals surface area (Å²) in [7, 11) is 0. The number of nitrogens with zero attached hydrogens (tertiary/aromatic N) is 8. The highest BCUT2D eigenvalue weighted by Gasteiger charge is 2.21. The van der Waals surface area contributed by atoms with Gasteiger partial charge >= 0.3 is 0 Å². The summed E-state index contributed by atoms with van der Waals surface area (Å²) in [5.74, 6) is 3.93. The smallest absolute Gasteiger partial charge is 0.227 e. The number of aromatic nitrogens is 8. The Hall–Kier alpha value is -2.58. The molecule has 0 saturated heterocycles. The van der Waals surface area contributed by atoms with Crippen LogP contribution in [0.5, 0.6) is 0 Å². The minimum absolute atomic E-state index is 0.518. The molecular weight excluding hydrogens is 308 g/mol. The van der Waals surface area contributed by atoms with E-state index in [0.29, 0.717) is 24.7 Å². The predicted octanol–water partition coefficient (Wildman–Crippen LogP) is 0.863. The van der Waals surface area contributed by atoms with E-state index < -0.39 is 0 Å². The molecule has 0 saturated carbocycles. The van der Waals surface area contributed by atoms with Gasteiger partial charge in [0.15, 0.2) is 11.6 Å². The Morgan fingerprint density at radius 1 is 1.33 bits per heavy atom. The molecular formula is C15H20N8O. The minimum Gasteiger partial charge on any atom is -0.339 e. The highest BCUT2D eigenvalue weighted by atomic mass is 16.5. The summed E-state index contributed by atoms with van der Waals surface area (Å²) in [6, 6.07) is 0. The summed E-state index contributed by atoms with van der Waals surface area (Å²) in [6.45, 7) is 3.80. The van der Waals surface area contributed by atoms with Gasteiger partial charge in [-0.05, 0) is 22.8 Å². The first-order chi connectivity index (χ1) is 11.8. The summed E-state index contributed by atoms with van der Waals surface area (Å²) in [4.78, 5) is 8.70. The van der Waals surface area contributed by atoms with E-state index in [2.05, 4.69) is 35.2 Å². The fourth-order valence-corrected chi connectivity index (χ4v) is 3.13. The van der Waals surface area contributed by atoms with Crippen LogP contribution >= 0.6 is 0 Å². The van der Waals surface area contributed by atoms with Gasteiger partial charge in [0.05, 0.1) is 0 Å². The predicted molar refractivity (Wildman–Crippen MR) is 82.9 cm³/mol. The van der Waals surface area contributed by atoms with E-state index >= 15 is 0 Å². The lowest BCUT2D eigenvalue weighted by Gasteiger charge is -2.23. The van der Waals surface area contributed by atoms with Crippen LogP contribution in [0.1, 0.15) is 36.7 Å². The molecule has 1 atom stereocenters. The van der Waals surface area contributed by atoms with Gasteiger partial charge in [-0.25, -0.2) is 9.67 Å². The van der Waals surface area contributed by atoms with E-state index in [-0.39, 0.29) is 0 Å². The molecule has 1 unspecified atom stereocenters. The Kier molecular flexibility index (Phi) is 4.06. The van der Waals surface area contributed by atoms with Crippen LogP contribution in [0.3, 0.4) is 0 Å². The Bertz CT molecular complexity index is 804. The SMILES string of the molecule is CCc1noc(CCc2nnnn2CC2CCc3nccn3C2)n1. The first-order valence-corrected chi connectivity index (χ1v) is 8.38. The second-order valence-corrected chi connectivity index (χ2v) is 6.14. The zero-order valence-corrected chi connectivity index (χ0v) is 13.7. The first kappa shape index (κ1) is 15.0. The van der Waals surface area contributed by atoms with Crippen molar-refractivity contribution in [3.63, 3.8) is 0 Å². The molecule has 24 heavy (non-hydrogen) atoms. The second-order valence-electron chi connectivity index (χ2n) is 6.14. The van der Waals surface area contributed by atoms with Crippen molar-refractivity contribution in [2.24, 2.45) is 5.92 Å². The largest absolute Gasteiger partial charge is 0.339 e. The van der Waals surface area contributed by atoms with Gasteiger partial charge in [-0.1, -0.05) is 12.1 Å². The summed E-state index contributed by atoms with van der Waals surface area (Å²) >= 11 is 0. The molecule has 1 aliphatic heterocycles. The molecule has 0 N–H and O–H groups in total. The zero-order valence-electron chi connectivity index (χ0n) is 13.7. The Morgan fingerprint density at radius 3 is 3.17 bits per heavy atom. The van der Waals surface area contributed by atoms with Gasteiger partial charge in [-0.2, -0.15) is 4.98 Å². The van der Waals surface area contributed by atoms with Crippen molar-refractivity contribution in [3.8, 4) is 0 Å². The van der Waals surface area contributed by atoms with Gasteiger partial charge in [-0.3, -0.25) is 0 Å². The van der Waals surface area contributed by atoms with Crippen LogP contribution < -0.4 is 0 Å². The number of aryl methyl sites for hydroxylation is 4. The van der Waals surface area contributed by atoms with Crippen LogP contribution in [-0.4, -0.2) is 39.9 Å². The third kappa shape index (κ3) is 3.06. The molecule has 0 bridgehead atoms. The van der Waals surface area contributed by atoms with Crippen molar-refractivity contribution in [2.45, 2.75) is 52.1 Å². The number of rotatable bonds is 6. The van der Waals surface area contributed by atoms with E-state index in [1.165, 1.54) is 5.82 Å². The normalized spacial score (nSPS) is 17.1. The molecule has 0 spiro atoms. The van der Waals surface area contributed by atoms with Gasteiger partial charge in [-0.15, -0.1) is 5.10 Å². The molecule has 0 fully saturated rings. The van der Waals surface area contributed by atoms with Gasteiger partial charge in [0.1, 0.15) is 5.82 Å². The molecule has 0 amide bonds. The highest BCUT2D eigenvalue weighted by Crippen LogP contribution is 2.20. The van der Waals surface area contributed by atoms with Crippen molar-refractivity contribution in [3.05, 3.63) is 35.8 Å². The van der Waals surface area contributed by atoms with E-state index in [1.54, 1.807) is 0 Å². The maximum absolute atomic E-state index is 5.22. The lowest BCUT2D eigenvalue weighted by molar-refractivity contribution is 0.304. The van der Waals surface area contributed by atoms with Crippen LogP contribution in [0, 0.1) is 5.92 Å². The lowest BCUT2D eigenvalue weighted by atomic mass is 9.99. The number of fused-ring (bicyclic) bond motifs is 1. The molecule has 4 rings (SSSR count). The topological polar surface area (TPSA) is 100 Å².